The summed E-state index contributed by atoms with van der Waals surface area (Å²) < 4.78 is 17.5. The monoisotopic (exact) mass is 439 g/mol. The van der Waals surface area contributed by atoms with Crippen LogP contribution in [0, 0.1) is 5.92 Å². The van der Waals surface area contributed by atoms with Gasteiger partial charge in [-0.3, -0.25) is 0 Å². The second kappa shape index (κ2) is 17.1. The lowest BCUT2D eigenvalue weighted by Crippen LogP contribution is -2.51. The predicted octanol–water partition coefficient (Wildman–Crippen LogP) is 6.73. The summed E-state index contributed by atoms with van der Waals surface area (Å²) in [4.78, 5) is 0. The molecule has 6 heteroatoms. The fourth-order valence-corrected chi connectivity index (χ4v) is 7.18. The molecular formula is C22H50ClNO3Si. The summed E-state index contributed by atoms with van der Waals surface area (Å²) in [6, 6.07) is 0. The number of rotatable bonds is 18. The molecule has 2 unspecified atom stereocenters. The third-order valence-corrected chi connectivity index (χ3v) is 9.28. The third kappa shape index (κ3) is 12.1. The van der Waals surface area contributed by atoms with Crippen LogP contribution in [0.15, 0.2) is 0 Å². The van der Waals surface area contributed by atoms with Crippen molar-refractivity contribution in [2.75, 3.05) is 21.3 Å². The van der Waals surface area contributed by atoms with E-state index in [0.717, 1.165) is 12.8 Å². The number of hydrogen-bond acceptors (Lipinski definition) is 4. The van der Waals surface area contributed by atoms with Gasteiger partial charge in [0.1, 0.15) is 0 Å². The lowest BCUT2D eigenvalue weighted by Gasteiger charge is -2.39. The molecule has 2 N–H and O–H groups in total. The van der Waals surface area contributed by atoms with E-state index in [-0.39, 0.29) is 17.9 Å². The van der Waals surface area contributed by atoms with Crippen LogP contribution >= 0.6 is 12.4 Å². The van der Waals surface area contributed by atoms with Gasteiger partial charge < -0.3 is 19.0 Å². The van der Waals surface area contributed by atoms with Gasteiger partial charge in [-0.15, -0.1) is 12.4 Å². The Kier molecular flexibility index (Phi) is 18.6. The Balaban J connectivity index is 0. The minimum atomic E-state index is -2.66. The lowest BCUT2D eigenvalue weighted by atomic mass is 9.84. The largest absolute Gasteiger partial charge is 0.503 e. The van der Waals surface area contributed by atoms with Crippen molar-refractivity contribution in [1.82, 2.24) is 0 Å². The van der Waals surface area contributed by atoms with Gasteiger partial charge in [0.05, 0.1) is 0 Å². The summed E-state index contributed by atoms with van der Waals surface area (Å²) in [7, 11) is 2.52. The Morgan fingerprint density at radius 1 is 0.786 bits per heavy atom. The minimum absolute atomic E-state index is 0. The third-order valence-electron chi connectivity index (χ3n) is 5.78. The van der Waals surface area contributed by atoms with Crippen LogP contribution in [0.4, 0.5) is 0 Å². The smallest absolute Gasteiger partial charge is 0.377 e. The van der Waals surface area contributed by atoms with Gasteiger partial charge in [-0.1, -0.05) is 78.1 Å². The average Bonchev–Trinajstić information content (AvgIpc) is 2.63. The zero-order valence-corrected chi connectivity index (χ0v) is 21.7. The maximum atomic E-state index is 6.40. The molecule has 2 atom stereocenters. The molecular weight excluding hydrogens is 390 g/mol. The number of halogens is 1. The van der Waals surface area contributed by atoms with E-state index in [9.17, 15) is 0 Å². The number of unbranched alkanes of at least 4 members (excludes halogenated alkanes) is 8. The predicted molar refractivity (Wildman–Crippen MR) is 126 cm³/mol. The van der Waals surface area contributed by atoms with Crippen molar-refractivity contribution in [2.45, 2.75) is 116 Å². The van der Waals surface area contributed by atoms with Crippen LogP contribution in [-0.4, -0.2) is 35.7 Å². The van der Waals surface area contributed by atoms with Gasteiger partial charge in [0.25, 0.3) is 0 Å². The molecule has 0 spiro atoms. The van der Waals surface area contributed by atoms with Crippen molar-refractivity contribution in [3.8, 4) is 0 Å². The zero-order chi connectivity index (χ0) is 20.8. The topological polar surface area (TPSA) is 53.7 Å². The van der Waals surface area contributed by atoms with Crippen LogP contribution in [0.3, 0.4) is 0 Å². The first-order valence-electron chi connectivity index (χ1n) is 11.2. The standard InChI is InChI=1S/C22H49NO3Si.ClH/c1-8-10-11-12-13-14-15-16-17-18-20(19-22(3,4)23)21(9-2)27(24-5,25-6)26-7;/h20-21H,8-19,23H2,1-7H3;1H. The lowest BCUT2D eigenvalue weighted by molar-refractivity contribution is 0.0947. The highest BCUT2D eigenvalue weighted by molar-refractivity contribution is 6.62. The van der Waals surface area contributed by atoms with E-state index in [1.54, 1.807) is 21.3 Å². The Hall–Kier alpha value is 0.347. The van der Waals surface area contributed by atoms with E-state index in [4.69, 9.17) is 19.0 Å². The molecule has 0 saturated carbocycles. The van der Waals surface area contributed by atoms with Crippen molar-refractivity contribution >= 4 is 21.2 Å². The molecule has 0 amide bonds. The van der Waals surface area contributed by atoms with Gasteiger partial charge >= 0.3 is 8.80 Å². The van der Waals surface area contributed by atoms with Crippen LogP contribution in [0.5, 0.6) is 0 Å². The molecule has 0 aliphatic heterocycles. The second-order valence-electron chi connectivity index (χ2n) is 8.80. The number of nitrogens with two attached hydrogens (primary N) is 1. The average molecular weight is 440 g/mol. The van der Waals surface area contributed by atoms with Crippen LogP contribution in [0.25, 0.3) is 0 Å². The maximum Gasteiger partial charge on any atom is 0.503 e. The van der Waals surface area contributed by atoms with E-state index < -0.39 is 8.80 Å². The van der Waals surface area contributed by atoms with Crippen LogP contribution < -0.4 is 5.73 Å². The summed E-state index contributed by atoms with van der Waals surface area (Å²) in [5.41, 5.74) is 6.51. The summed E-state index contributed by atoms with van der Waals surface area (Å²) in [6.07, 6.45) is 15.4. The minimum Gasteiger partial charge on any atom is -0.377 e. The van der Waals surface area contributed by atoms with Crippen LogP contribution in [0.1, 0.15) is 105 Å². The molecule has 0 aromatic heterocycles. The SMILES string of the molecule is CCCCCCCCCCCC(CC(C)(C)N)C(CC)[Si](OC)(OC)OC.Cl. The molecule has 0 aromatic carbocycles. The van der Waals surface area contributed by atoms with Crippen LogP contribution in [0.2, 0.25) is 5.54 Å². The fraction of sp³-hybridized carbons (Fsp3) is 1.00. The Bertz CT molecular complexity index is 341. The van der Waals surface area contributed by atoms with E-state index in [0.29, 0.717) is 11.5 Å². The first kappa shape index (κ1) is 30.5. The van der Waals surface area contributed by atoms with Crippen molar-refractivity contribution in [3.05, 3.63) is 0 Å². The molecule has 0 radical (unpaired) electrons. The van der Waals surface area contributed by atoms with E-state index in [1.165, 1.54) is 64.2 Å². The molecule has 0 aliphatic rings. The van der Waals surface area contributed by atoms with Crippen molar-refractivity contribution in [3.63, 3.8) is 0 Å². The molecule has 0 aromatic rings. The Labute approximate surface area is 183 Å². The van der Waals surface area contributed by atoms with Gasteiger partial charge in [-0.05, 0) is 32.6 Å². The van der Waals surface area contributed by atoms with Crippen molar-refractivity contribution in [2.24, 2.45) is 11.7 Å². The van der Waals surface area contributed by atoms with E-state index in [1.807, 2.05) is 0 Å². The van der Waals surface area contributed by atoms with Gasteiger partial charge in [0, 0.05) is 32.4 Å². The molecule has 0 rings (SSSR count). The molecule has 0 saturated heterocycles. The highest BCUT2D eigenvalue weighted by Gasteiger charge is 2.50. The van der Waals surface area contributed by atoms with Gasteiger partial charge in [0.15, 0.2) is 0 Å². The molecule has 0 aliphatic carbocycles. The Morgan fingerprint density at radius 2 is 1.21 bits per heavy atom. The molecule has 0 heterocycles. The molecule has 0 bridgehead atoms. The first-order chi connectivity index (χ1) is 12.8. The van der Waals surface area contributed by atoms with E-state index in [2.05, 4.69) is 27.7 Å². The highest BCUT2D eigenvalue weighted by atomic mass is 35.5. The first-order valence-corrected chi connectivity index (χ1v) is 13.0. The Morgan fingerprint density at radius 3 is 1.57 bits per heavy atom. The maximum absolute atomic E-state index is 6.40. The van der Waals surface area contributed by atoms with Crippen molar-refractivity contribution in [1.29, 1.82) is 0 Å². The molecule has 28 heavy (non-hydrogen) atoms. The van der Waals surface area contributed by atoms with Crippen LogP contribution in [-0.2, 0) is 13.3 Å². The summed E-state index contributed by atoms with van der Waals surface area (Å²) in [6.45, 7) is 8.74. The fourth-order valence-electron chi connectivity index (χ4n) is 4.41. The highest BCUT2D eigenvalue weighted by Crippen LogP contribution is 2.41. The summed E-state index contributed by atoms with van der Waals surface area (Å²) in [5, 5.41) is 0. The molecule has 0 fully saturated rings. The molecule has 172 valence electrons. The van der Waals surface area contributed by atoms with Gasteiger partial charge in [-0.25, -0.2) is 0 Å². The van der Waals surface area contributed by atoms with Gasteiger partial charge in [0.2, 0.25) is 0 Å². The normalized spacial score (nSPS) is 14.6. The quantitative estimate of drug-likeness (QED) is 0.190. The second-order valence-corrected chi connectivity index (χ2v) is 12.0. The molecule has 4 nitrogen and oxygen atoms in total. The van der Waals surface area contributed by atoms with E-state index >= 15 is 0 Å². The van der Waals surface area contributed by atoms with Gasteiger partial charge in [-0.2, -0.15) is 0 Å². The number of hydrogen-bond donors (Lipinski definition) is 1. The summed E-state index contributed by atoms with van der Waals surface area (Å²) >= 11 is 0. The zero-order valence-electron chi connectivity index (χ0n) is 19.9. The summed E-state index contributed by atoms with van der Waals surface area (Å²) in [5.74, 6) is 0.478. The van der Waals surface area contributed by atoms with Crippen molar-refractivity contribution < 1.29 is 13.3 Å².